The average molecular weight is 248 g/mol. The minimum atomic E-state index is -1.15. The third-order valence-corrected chi connectivity index (χ3v) is 2.42. The van der Waals surface area contributed by atoms with Gasteiger partial charge in [-0.1, -0.05) is 0 Å². The molecule has 2 aromatic rings. The number of carboxylic acids is 1. The van der Waals surface area contributed by atoms with E-state index in [0.29, 0.717) is 11.3 Å². The fraction of sp³-hybridized carbons (Fsp3) is 0.167. The van der Waals surface area contributed by atoms with Gasteiger partial charge in [-0.25, -0.2) is 9.78 Å². The van der Waals surface area contributed by atoms with E-state index in [1.165, 1.54) is 0 Å². The zero-order valence-corrected chi connectivity index (χ0v) is 9.71. The van der Waals surface area contributed by atoms with E-state index in [9.17, 15) is 4.79 Å². The summed E-state index contributed by atoms with van der Waals surface area (Å²) in [7, 11) is 1.56. The Kier molecular flexibility index (Phi) is 3.29. The van der Waals surface area contributed by atoms with E-state index in [1.807, 2.05) is 0 Å². The molecule has 0 aliphatic carbocycles. The number of aromatic carboxylic acids is 1. The Hall–Kier alpha value is -2.34. The van der Waals surface area contributed by atoms with E-state index in [4.69, 9.17) is 20.0 Å². The van der Waals surface area contributed by atoms with Crippen LogP contribution >= 0.6 is 0 Å². The molecule has 0 saturated carbocycles. The fourth-order valence-electron chi connectivity index (χ4n) is 1.51. The molecule has 0 unspecified atom stereocenters. The Morgan fingerprint density at radius 1 is 1.44 bits per heavy atom. The zero-order chi connectivity index (χ0) is 13.1. The smallest absolute Gasteiger partial charge is 0.358 e. The molecule has 18 heavy (non-hydrogen) atoms. The molecule has 1 aromatic heterocycles. The summed E-state index contributed by atoms with van der Waals surface area (Å²) in [6.45, 7) is -0.00914. The second kappa shape index (κ2) is 4.89. The van der Waals surface area contributed by atoms with Crippen LogP contribution in [0, 0.1) is 0 Å². The van der Waals surface area contributed by atoms with Crippen molar-refractivity contribution < 1.29 is 19.1 Å². The van der Waals surface area contributed by atoms with Crippen LogP contribution in [0.1, 0.15) is 16.2 Å². The first kappa shape index (κ1) is 12.1. The topological polar surface area (TPSA) is 98.6 Å². The molecule has 0 atom stereocenters. The second-order valence-electron chi connectivity index (χ2n) is 3.53. The molecule has 3 N–H and O–H groups in total. The van der Waals surface area contributed by atoms with Crippen molar-refractivity contribution in [2.75, 3.05) is 7.11 Å². The maximum absolute atomic E-state index is 10.9. The molecular weight excluding hydrogens is 236 g/mol. The molecular formula is C12H12N2O4. The largest absolute Gasteiger partial charge is 0.497 e. The van der Waals surface area contributed by atoms with E-state index < -0.39 is 5.97 Å². The summed E-state index contributed by atoms with van der Waals surface area (Å²) >= 11 is 0. The monoisotopic (exact) mass is 248 g/mol. The van der Waals surface area contributed by atoms with E-state index in [1.54, 1.807) is 31.4 Å². The molecule has 94 valence electrons. The van der Waals surface area contributed by atoms with Crippen molar-refractivity contribution in [2.45, 2.75) is 6.54 Å². The van der Waals surface area contributed by atoms with Gasteiger partial charge in [-0.15, -0.1) is 0 Å². The molecule has 0 aliphatic heterocycles. The summed E-state index contributed by atoms with van der Waals surface area (Å²) in [5.74, 6) is -0.0643. The quantitative estimate of drug-likeness (QED) is 0.850. The minimum absolute atomic E-state index is 0.00914. The maximum Gasteiger partial charge on any atom is 0.358 e. The first-order valence-corrected chi connectivity index (χ1v) is 5.23. The Morgan fingerprint density at radius 2 is 2.11 bits per heavy atom. The normalized spacial score (nSPS) is 10.3. The zero-order valence-electron chi connectivity index (χ0n) is 9.71. The van der Waals surface area contributed by atoms with Gasteiger partial charge < -0.3 is 20.0 Å². The van der Waals surface area contributed by atoms with Crippen molar-refractivity contribution >= 4 is 5.97 Å². The number of methoxy groups -OCH3 is 1. The van der Waals surface area contributed by atoms with Crippen LogP contribution in [0.25, 0.3) is 11.5 Å². The second-order valence-corrected chi connectivity index (χ2v) is 3.53. The van der Waals surface area contributed by atoms with Gasteiger partial charge >= 0.3 is 5.97 Å². The van der Waals surface area contributed by atoms with Gasteiger partial charge in [-0.2, -0.15) is 0 Å². The van der Waals surface area contributed by atoms with Crippen LogP contribution in [0.3, 0.4) is 0 Å². The molecule has 1 aromatic carbocycles. The molecule has 6 heteroatoms. The lowest BCUT2D eigenvalue weighted by Gasteiger charge is -1.99. The van der Waals surface area contributed by atoms with Crippen LogP contribution < -0.4 is 10.5 Å². The van der Waals surface area contributed by atoms with Gasteiger partial charge in [0.1, 0.15) is 5.75 Å². The van der Waals surface area contributed by atoms with Crippen molar-refractivity contribution in [1.82, 2.24) is 4.98 Å². The number of ether oxygens (including phenoxy) is 1. The number of rotatable bonds is 4. The molecule has 0 aliphatic rings. The number of nitrogens with two attached hydrogens (primary N) is 1. The number of oxazole rings is 1. The highest BCUT2D eigenvalue weighted by molar-refractivity contribution is 5.87. The third kappa shape index (κ3) is 2.18. The van der Waals surface area contributed by atoms with E-state index >= 15 is 0 Å². The number of hydrogen-bond donors (Lipinski definition) is 2. The SMILES string of the molecule is COc1ccc(-c2nc(C(=O)O)c(CN)o2)cc1. The fourth-order valence-corrected chi connectivity index (χ4v) is 1.51. The van der Waals surface area contributed by atoms with E-state index in [2.05, 4.69) is 4.98 Å². The van der Waals surface area contributed by atoms with Crippen molar-refractivity contribution in [2.24, 2.45) is 5.73 Å². The van der Waals surface area contributed by atoms with Gasteiger partial charge in [0.15, 0.2) is 11.5 Å². The predicted molar refractivity (Wildman–Crippen MR) is 63.3 cm³/mol. The molecule has 0 bridgehead atoms. The van der Waals surface area contributed by atoms with Gasteiger partial charge in [0, 0.05) is 5.56 Å². The Labute approximate surface area is 103 Å². The highest BCUT2D eigenvalue weighted by atomic mass is 16.5. The maximum atomic E-state index is 10.9. The first-order valence-electron chi connectivity index (χ1n) is 5.23. The highest BCUT2D eigenvalue weighted by Gasteiger charge is 2.18. The van der Waals surface area contributed by atoms with Crippen molar-refractivity contribution in [1.29, 1.82) is 0 Å². The summed E-state index contributed by atoms with van der Waals surface area (Å²) in [6.07, 6.45) is 0. The van der Waals surface area contributed by atoms with Crippen LogP contribution in [0.4, 0.5) is 0 Å². The van der Waals surface area contributed by atoms with Crippen molar-refractivity contribution in [3.05, 3.63) is 35.7 Å². The van der Waals surface area contributed by atoms with E-state index in [0.717, 1.165) is 0 Å². The number of aromatic nitrogens is 1. The number of nitrogens with zero attached hydrogens (tertiary/aromatic N) is 1. The number of carbonyl (C=O) groups is 1. The van der Waals surface area contributed by atoms with Crippen molar-refractivity contribution in [3.63, 3.8) is 0 Å². The molecule has 0 amide bonds. The molecule has 2 rings (SSSR count). The first-order chi connectivity index (χ1) is 8.65. The van der Waals surface area contributed by atoms with Crippen LogP contribution in [0.5, 0.6) is 5.75 Å². The molecule has 1 heterocycles. The van der Waals surface area contributed by atoms with Crippen LogP contribution in [-0.2, 0) is 6.54 Å². The summed E-state index contributed by atoms with van der Waals surface area (Å²) in [5.41, 5.74) is 5.92. The highest BCUT2D eigenvalue weighted by Crippen LogP contribution is 2.24. The van der Waals surface area contributed by atoms with Crippen LogP contribution in [0.2, 0.25) is 0 Å². The molecule has 6 nitrogen and oxygen atoms in total. The van der Waals surface area contributed by atoms with Gasteiger partial charge in [0.05, 0.1) is 13.7 Å². The molecule has 0 radical (unpaired) electrons. The minimum Gasteiger partial charge on any atom is -0.497 e. The van der Waals surface area contributed by atoms with E-state index in [-0.39, 0.29) is 23.9 Å². The standard InChI is InChI=1S/C12H12N2O4/c1-17-8-4-2-7(3-5-8)11-14-10(12(15)16)9(6-13)18-11/h2-5H,6,13H2,1H3,(H,15,16). The number of benzene rings is 1. The lowest BCUT2D eigenvalue weighted by Crippen LogP contribution is -2.04. The summed E-state index contributed by atoms with van der Waals surface area (Å²) in [6, 6.07) is 6.94. The third-order valence-electron chi connectivity index (χ3n) is 2.42. The lowest BCUT2D eigenvalue weighted by atomic mass is 10.2. The molecule has 0 fully saturated rings. The van der Waals surface area contributed by atoms with Gasteiger partial charge in [-0.05, 0) is 24.3 Å². The molecule has 0 spiro atoms. The van der Waals surface area contributed by atoms with Gasteiger partial charge in [0.2, 0.25) is 5.89 Å². The number of hydrogen-bond acceptors (Lipinski definition) is 5. The predicted octanol–water partition coefficient (Wildman–Crippen LogP) is 1.51. The Bertz CT molecular complexity index is 560. The average Bonchev–Trinajstić information content (AvgIpc) is 2.83. The van der Waals surface area contributed by atoms with Crippen LogP contribution in [0.15, 0.2) is 28.7 Å². The summed E-state index contributed by atoms with van der Waals surface area (Å²) in [5, 5.41) is 8.94. The number of carboxylic acid groups (broad SMARTS) is 1. The summed E-state index contributed by atoms with van der Waals surface area (Å²) < 4.78 is 10.4. The lowest BCUT2D eigenvalue weighted by molar-refractivity contribution is 0.0689. The van der Waals surface area contributed by atoms with Crippen LogP contribution in [-0.4, -0.2) is 23.2 Å². The Balaban J connectivity index is 2.40. The van der Waals surface area contributed by atoms with Gasteiger partial charge in [-0.3, -0.25) is 0 Å². The Morgan fingerprint density at radius 3 is 2.56 bits per heavy atom. The van der Waals surface area contributed by atoms with Gasteiger partial charge in [0.25, 0.3) is 0 Å². The van der Waals surface area contributed by atoms with Crippen molar-refractivity contribution in [3.8, 4) is 17.2 Å². The summed E-state index contributed by atoms with van der Waals surface area (Å²) in [4.78, 5) is 14.8. The molecule has 0 saturated heterocycles.